The molecule has 0 aliphatic rings. The van der Waals surface area contributed by atoms with Crippen LogP contribution in [0.3, 0.4) is 0 Å². The highest BCUT2D eigenvalue weighted by Crippen LogP contribution is 2.32. The maximum atomic E-state index is 6.06. The molecule has 0 aromatic heterocycles. The largest absolute Gasteiger partial charge is 0.374 e. The molecule has 0 spiro atoms. The minimum Gasteiger partial charge on any atom is -0.374 e. The lowest BCUT2D eigenvalue weighted by Crippen LogP contribution is -2.43. The van der Waals surface area contributed by atoms with Gasteiger partial charge in [-0.25, -0.2) is 0 Å². The summed E-state index contributed by atoms with van der Waals surface area (Å²) in [5.41, 5.74) is 2.56. The normalized spacial score (nSPS) is 16.1. The molecule has 0 aliphatic heterocycles. The Kier molecular flexibility index (Phi) is 6.53. The lowest BCUT2D eigenvalue weighted by molar-refractivity contribution is -0.0560. The first kappa shape index (κ1) is 16.2. The van der Waals surface area contributed by atoms with E-state index in [0.717, 1.165) is 26.0 Å². The van der Waals surface area contributed by atoms with Crippen molar-refractivity contribution in [2.24, 2.45) is 0 Å². The maximum Gasteiger partial charge on any atom is 0.0845 e. The van der Waals surface area contributed by atoms with Gasteiger partial charge < -0.3 is 10.1 Å². The maximum absolute atomic E-state index is 6.06. The summed E-state index contributed by atoms with van der Waals surface area (Å²) in [5, 5.41) is 3.60. The van der Waals surface area contributed by atoms with Gasteiger partial charge in [0.25, 0.3) is 0 Å². The van der Waals surface area contributed by atoms with E-state index < -0.39 is 0 Å². The van der Waals surface area contributed by atoms with Gasteiger partial charge in [0, 0.05) is 6.61 Å². The van der Waals surface area contributed by atoms with Crippen molar-refractivity contribution in [2.45, 2.75) is 59.1 Å². The average molecular weight is 263 g/mol. The molecule has 0 heterocycles. The summed E-state index contributed by atoms with van der Waals surface area (Å²) in [4.78, 5) is 0. The lowest BCUT2D eigenvalue weighted by Gasteiger charge is -2.38. The van der Waals surface area contributed by atoms with Crippen LogP contribution in [0, 0.1) is 0 Å². The van der Waals surface area contributed by atoms with Crippen LogP contribution >= 0.6 is 0 Å². The predicted molar refractivity (Wildman–Crippen MR) is 82.6 cm³/mol. The van der Waals surface area contributed by atoms with Crippen LogP contribution in [0.4, 0.5) is 0 Å². The number of rotatable bonds is 8. The zero-order chi connectivity index (χ0) is 14.3. The molecule has 1 aromatic rings. The van der Waals surface area contributed by atoms with Crippen molar-refractivity contribution in [2.75, 3.05) is 13.2 Å². The third-order valence-electron chi connectivity index (χ3n) is 3.89. The van der Waals surface area contributed by atoms with E-state index in [9.17, 15) is 0 Å². The zero-order valence-electron chi connectivity index (χ0n) is 13.1. The van der Waals surface area contributed by atoms with Gasteiger partial charge in [-0.15, -0.1) is 0 Å². The summed E-state index contributed by atoms with van der Waals surface area (Å²) in [6, 6.07) is 9.10. The highest BCUT2D eigenvalue weighted by Gasteiger charge is 2.33. The minimum absolute atomic E-state index is 0.156. The van der Waals surface area contributed by atoms with E-state index in [4.69, 9.17) is 4.74 Å². The number of hydrogen-bond acceptors (Lipinski definition) is 2. The molecule has 0 fully saturated rings. The van der Waals surface area contributed by atoms with Crippen molar-refractivity contribution < 1.29 is 4.74 Å². The van der Waals surface area contributed by atoms with Crippen molar-refractivity contribution in [3.05, 3.63) is 35.4 Å². The van der Waals surface area contributed by atoms with Crippen LogP contribution < -0.4 is 5.32 Å². The Morgan fingerprint density at radius 1 is 1.21 bits per heavy atom. The summed E-state index contributed by atoms with van der Waals surface area (Å²) < 4.78 is 6.06. The number of nitrogens with one attached hydrogen (secondary N) is 1. The van der Waals surface area contributed by atoms with Gasteiger partial charge in [-0.05, 0) is 44.4 Å². The third-order valence-corrected chi connectivity index (χ3v) is 3.89. The molecule has 0 saturated carbocycles. The Balaban J connectivity index is 3.10. The smallest absolute Gasteiger partial charge is 0.0845 e. The van der Waals surface area contributed by atoms with Gasteiger partial charge in [0.2, 0.25) is 0 Å². The zero-order valence-corrected chi connectivity index (χ0v) is 13.1. The Morgan fingerprint density at radius 2 is 1.95 bits per heavy atom. The number of likely N-dealkylation sites (N-methyl/N-ethyl adjacent to an activating group) is 1. The Morgan fingerprint density at radius 3 is 2.47 bits per heavy atom. The average Bonchev–Trinajstić information content (AvgIpc) is 2.45. The van der Waals surface area contributed by atoms with Crippen molar-refractivity contribution in [3.63, 3.8) is 0 Å². The number of ether oxygens (including phenoxy) is 1. The van der Waals surface area contributed by atoms with Crippen LogP contribution in [0.15, 0.2) is 24.3 Å². The van der Waals surface area contributed by atoms with Crippen LogP contribution in [-0.2, 0) is 11.2 Å². The molecule has 2 heteroatoms. The van der Waals surface area contributed by atoms with Gasteiger partial charge in [-0.1, -0.05) is 45.0 Å². The molecule has 0 aliphatic carbocycles. The van der Waals surface area contributed by atoms with E-state index >= 15 is 0 Å². The third kappa shape index (κ3) is 4.05. The highest BCUT2D eigenvalue weighted by molar-refractivity contribution is 5.28. The quantitative estimate of drug-likeness (QED) is 0.762. The molecule has 0 amide bonds. The molecule has 19 heavy (non-hydrogen) atoms. The first-order chi connectivity index (χ1) is 9.11. The summed E-state index contributed by atoms with van der Waals surface area (Å²) in [7, 11) is 0. The molecule has 108 valence electrons. The van der Waals surface area contributed by atoms with Gasteiger partial charge >= 0.3 is 0 Å². The fraction of sp³-hybridized carbons (Fsp3) is 0.647. The van der Waals surface area contributed by atoms with Crippen LogP contribution in [0.2, 0.25) is 0 Å². The summed E-state index contributed by atoms with van der Waals surface area (Å²) in [5.74, 6) is 0. The van der Waals surface area contributed by atoms with E-state index in [1.54, 1.807) is 0 Å². The van der Waals surface area contributed by atoms with Crippen molar-refractivity contribution >= 4 is 0 Å². The second-order valence-electron chi connectivity index (χ2n) is 5.19. The van der Waals surface area contributed by atoms with Crippen LogP contribution in [0.25, 0.3) is 0 Å². The highest BCUT2D eigenvalue weighted by atomic mass is 16.5. The molecule has 0 saturated heterocycles. The van der Waals surface area contributed by atoms with Crippen molar-refractivity contribution in [1.29, 1.82) is 0 Å². The van der Waals surface area contributed by atoms with Gasteiger partial charge in [-0.2, -0.15) is 0 Å². The van der Waals surface area contributed by atoms with E-state index in [2.05, 4.69) is 64.2 Å². The van der Waals surface area contributed by atoms with Crippen molar-refractivity contribution in [3.8, 4) is 0 Å². The summed E-state index contributed by atoms with van der Waals surface area (Å²) in [6.07, 6.45) is 2.07. The molecule has 2 unspecified atom stereocenters. The monoisotopic (exact) mass is 263 g/mol. The standard InChI is InChI=1S/C17H29NO/c1-6-14-11-10-12-15(13-14)16(18-8-3)17(5,7-2)19-9-4/h10-13,16,18H,6-9H2,1-5H3. The number of aryl methyl sites for hydroxylation is 1. The van der Waals surface area contributed by atoms with Gasteiger partial charge in [0.1, 0.15) is 0 Å². The topological polar surface area (TPSA) is 21.3 Å². The van der Waals surface area contributed by atoms with Gasteiger partial charge in [0.05, 0.1) is 11.6 Å². The number of hydrogen-bond donors (Lipinski definition) is 1. The Hall–Kier alpha value is -0.860. The predicted octanol–water partition coefficient (Wildman–Crippen LogP) is 4.10. The van der Waals surface area contributed by atoms with E-state index in [-0.39, 0.29) is 11.6 Å². The van der Waals surface area contributed by atoms with Crippen LogP contribution in [0.5, 0.6) is 0 Å². The van der Waals surface area contributed by atoms with E-state index in [1.165, 1.54) is 11.1 Å². The second kappa shape index (κ2) is 7.66. The fourth-order valence-corrected chi connectivity index (χ4v) is 2.60. The summed E-state index contributed by atoms with van der Waals surface area (Å²) >= 11 is 0. The molecule has 0 bridgehead atoms. The Bertz CT molecular complexity index is 377. The fourth-order valence-electron chi connectivity index (χ4n) is 2.60. The molecule has 2 atom stereocenters. The molecule has 0 radical (unpaired) electrons. The SMILES string of the molecule is CCNC(c1cccc(CC)c1)C(C)(CC)OCC. The van der Waals surface area contributed by atoms with Gasteiger partial charge in [0.15, 0.2) is 0 Å². The molecular weight excluding hydrogens is 234 g/mol. The van der Waals surface area contributed by atoms with Crippen molar-refractivity contribution in [1.82, 2.24) is 5.32 Å². The van der Waals surface area contributed by atoms with Crippen LogP contribution in [0.1, 0.15) is 58.2 Å². The molecule has 1 aromatic carbocycles. The first-order valence-corrected chi connectivity index (χ1v) is 7.57. The van der Waals surface area contributed by atoms with E-state index in [0.29, 0.717) is 0 Å². The number of benzene rings is 1. The molecule has 2 nitrogen and oxygen atoms in total. The van der Waals surface area contributed by atoms with E-state index in [1.807, 2.05) is 0 Å². The minimum atomic E-state index is -0.156. The molecule has 1 rings (SSSR count). The van der Waals surface area contributed by atoms with Gasteiger partial charge in [-0.3, -0.25) is 0 Å². The van der Waals surface area contributed by atoms with Crippen LogP contribution in [-0.4, -0.2) is 18.8 Å². The molecular formula is C17H29NO. The summed E-state index contributed by atoms with van der Waals surface area (Å²) in [6.45, 7) is 12.5. The Labute approximate surface area is 118 Å². The second-order valence-corrected chi connectivity index (χ2v) is 5.19. The lowest BCUT2D eigenvalue weighted by atomic mass is 9.86. The first-order valence-electron chi connectivity index (χ1n) is 7.57. The molecule has 1 N–H and O–H groups in total.